The van der Waals surface area contributed by atoms with Crippen molar-refractivity contribution >= 4 is 33.3 Å². The summed E-state index contributed by atoms with van der Waals surface area (Å²) >= 11 is 1.34. The maximum atomic E-state index is 13.5. The second-order valence-corrected chi connectivity index (χ2v) is 9.04. The van der Waals surface area contributed by atoms with Crippen LogP contribution in [0.15, 0.2) is 69.3 Å². The highest BCUT2D eigenvalue weighted by molar-refractivity contribution is 7.13. The summed E-state index contributed by atoms with van der Waals surface area (Å²) in [5.74, 6) is 0.943. The van der Waals surface area contributed by atoms with Gasteiger partial charge < -0.3 is 9.15 Å². The molecule has 1 aliphatic heterocycles. The minimum atomic E-state index is -0.641. The molecule has 0 bridgehead atoms. The second-order valence-electron chi connectivity index (χ2n) is 8.17. The molecule has 2 aromatic heterocycles. The number of aromatic nitrogens is 1. The van der Waals surface area contributed by atoms with Gasteiger partial charge in [-0.2, -0.15) is 0 Å². The number of hydrogen-bond donors (Lipinski definition) is 0. The van der Waals surface area contributed by atoms with Crippen molar-refractivity contribution in [2.75, 3.05) is 11.5 Å². The molecule has 0 aliphatic carbocycles. The van der Waals surface area contributed by atoms with Gasteiger partial charge in [-0.25, -0.2) is 4.98 Å². The molecular weight excluding hydrogens is 424 g/mol. The van der Waals surface area contributed by atoms with E-state index >= 15 is 0 Å². The van der Waals surface area contributed by atoms with Crippen LogP contribution in [0.25, 0.3) is 11.0 Å². The van der Waals surface area contributed by atoms with Crippen molar-refractivity contribution in [1.29, 1.82) is 0 Å². The highest BCUT2D eigenvalue weighted by Crippen LogP contribution is 2.42. The summed E-state index contributed by atoms with van der Waals surface area (Å²) in [7, 11) is 0. The Labute approximate surface area is 189 Å². The lowest BCUT2D eigenvalue weighted by atomic mass is 9.98. The molecule has 0 N–H and O–H groups in total. The van der Waals surface area contributed by atoms with E-state index in [0.717, 1.165) is 12.0 Å². The molecule has 1 amide bonds. The Morgan fingerprint density at radius 2 is 2.00 bits per heavy atom. The van der Waals surface area contributed by atoms with Crippen LogP contribution in [0.5, 0.6) is 5.75 Å². The smallest absolute Gasteiger partial charge is 0.297 e. The summed E-state index contributed by atoms with van der Waals surface area (Å²) in [6, 6.07) is 13.9. The molecule has 3 heterocycles. The molecule has 0 unspecified atom stereocenters. The van der Waals surface area contributed by atoms with E-state index in [9.17, 15) is 9.59 Å². The Bertz CT molecular complexity index is 1340. The maximum Gasteiger partial charge on any atom is 0.297 e. The normalized spacial score (nSPS) is 15.5. The number of nitrogens with zero attached hydrogens (tertiary/aromatic N) is 2. The minimum Gasteiger partial charge on any atom is -0.494 e. The molecule has 162 valence electrons. The molecular formula is C25H22N2O4S. The van der Waals surface area contributed by atoms with E-state index in [4.69, 9.17) is 9.15 Å². The molecule has 4 aromatic rings. The molecule has 0 spiro atoms. The third-order valence-electron chi connectivity index (χ3n) is 5.54. The van der Waals surface area contributed by atoms with Gasteiger partial charge in [0.1, 0.15) is 11.3 Å². The average molecular weight is 447 g/mol. The first kappa shape index (κ1) is 20.5. The SMILES string of the molecule is CC(C)CCOc1cccc([C@H]2c3c(oc4ccccc4c3=O)C(=O)N2c2nccs2)c1. The number of para-hydroxylation sites is 1. The van der Waals surface area contributed by atoms with Crippen LogP contribution in [0, 0.1) is 5.92 Å². The predicted octanol–water partition coefficient (Wildman–Crippen LogP) is 5.42. The fourth-order valence-corrected chi connectivity index (χ4v) is 4.62. The molecule has 7 heteroatoms. The average Bonchev–Trinajstić information content (AvgIpc) is 3.41. The van der Waals surface area contributed by atoms with Gasteiger partial charge in [0.25, 0.3) is 5.91 Å². The van der Waals surface area contributed by atoms with Crippen LogP contribution in [-0.2, 0) is 0 Å². The van der Waals surface area contributed by atoms with E-state index < -0.39 is 6.04 Å². The van der Waals surface area contributed by atoms with Gasteiger partial charge in [0.05, 0.1) is 23.6 Å². The summed E-state index contributed by atoms with van der Waals surface area (Å²) in [4.78, 5) is 32.8. The predicted molar refractivity (Wildman–Crippen MR) is 125 cm³/mol. The van der Waals surface area contributed by atoms with Crippen LogP contribution in [-0.4, -0.2) is 17.5 Å². The van der Waals surface area contributed by atoms with Crippen molar-refractivity contribution in [3.63, 3.8) is 0 Å². The van der Waals surface area contributed by atoms with Crippen molar-refractivity contribution in [3.05, 3.63) is 87.2 Å². The Balaban J connectivity index is 1.66. The number of carbonyl (C=O) groups is 1. The zero-order valence-electron chi connectivity index (χ0n) is 17.8. The standard InChI is InChI=1S/C25H22N2O4S/c1-15(2)10-12-30-17-7-5-6-16(14-17)21-20-22(28)18-8-3-4-9-19(18)31-23(20)24(29)27(21)25-26-11-13-32-25/h3-9,11,13-15,21H,10,12H2,1-2H3/t21-/m0/s1. The first-order valence-corrected chi connectivity index (χ1v) is 11.4. The summed E-state index contributed by atoms with van der Waals surface area (Å²) in [6.45, 7) is 4.90. The van der Waals surface area contributed by atoms with E-state index in [0.29, 0.717) is 39.9 Å². The van der Waals surface area contributed by atoms with Gasteiger partial charge in [-0.1, -0.05) is 38.1 Å². The number of amides is 1. The molecule has 0 radical (unpaired) electrons. The van der Waals surface area contributed by atoms with Crippen LogP contribution in [0.3, 0.4) is 0 Å². The van der Waals surface area contributed by atoms with Crippen LogP contribution in [0.1, 0.15) is 48.0 Å². The Morgan fingerprint density at radius 3 is 2.78 bits per heavy atom. The Kier molecular flexibility index (Phi) is 5.27. The quantitative estimate of drug-likeness (QED) is 0.395. The van der Waals surface area contributed by atoms with Crippen molar-refractivity contribution in [3.8, 4) is 5.75 Å². The zero-order valence-corrected chi connectivity index (χ0v) is 18.6. The lowest BCUT2D eigenvalue weighted by molar-refractivity contribution is 0.0971. The van der Waals surface area contributed by atoms with Crippen molar-refractivity contribution in [2.24, 2.45) is 5.92 Å². The van der Waals surface area contributed by atoms with Gasteiger partial charge in [0.15, 0.2) is 10.6 Å². The summed E-state index contributed by atoms with van der Waals surface area (Å²) in [6.07, 6.45) is 2.58. The molecule has 0 saturated heterocycles. The minimum absolute atomic E-state index is 0.0695. The number of rotatable bonds is 6. The molecule has 32 heavy (non-hydrogen) atoms. The van der Waals surface area contributed by atoms with Gasteiger partial charge in [0, 0.05) is 11.6 Å². The summed E-state index contributed by atoms with van der Waals surface area (Å²) in [5, 5.41) is 2.77. The molecule has 5 rings (SSSR count). The van der Waals surface area contributed by atoms with Gasteiger partial charge in [-0.05, 0) is 42.2 Å². The van der Waals surface area contributed by atoms with Gasteiger partial charge in [-0.3, -0.25) is 14.5 Å². The number of fused-ring (bicyclic) bond motifs is 2. The molecule has 2 aromatic carbocycles. The first-order valence-electron chi connectivity index (χ1n) is 10.6. The van der Waals surface area contributed by atoms with E-state index in [-0.39, 0.29) is 17.1 Å². The first-order chi connectivity index (χ1) is 15.5. The topological polar surface area (TPSA) is 72.6 Å². The van der Waals surface area contributed by atoms with E-state index in [1.807, 2.05) is 24.3 Å². The third kappa shape index (κ3) is 3.48. The third-order valence-corrected chi connectivity index (χ3v) is 6.31. The number of thiazole rings is 1. The highest BCUT2D eigenvalue weighted by atomic mass is 32.1. The number of benzene rings is 2. The van der Waals surface area contributed by atoms with Crippen LogP contribution < -0.4 is 15.1 Å². The maximum absolute atomic E-state index is 13.5. The number of carbonyl (C=O) groups excluding carboxylic acids is 1. The lowest BCUT2D eigenvalue weighted by Gasteiger charge is -2.23. The summed E-state index contributed by atoms with van der Waals surface area (Å²) < 4.78 is 11.9. The van der Waals surface area contributed by atoms with E-state index in [1.165, 1.54) is 11.3 Å². The van der Waals surface area contributed by atoms with Crippen LogP contribution in [0.4, 0.5) is 5.13 Å². The summed E-state index contributed by atoms with van der Waals surface area (Å²) in [5.41, 5.74) is 1.31. The number of hydrogen-bond acceptors (Lipinski definition) is 6. The van der Waals surface area contributed by atoms with Gasteiger partial charge in [-0.15, -0.1) is 11.3 Å². The van der Waals surface area contributed by atoms with Gasteiger partial charge in [0.2, 0.25) is 5.76 Å². The van der Waals surface area contributed by atoms with Crippen molar-refractivity contribution in [1.82, 2.24) is 4.98 Å². The largest absolute Gasteiger partial charge is 0.494 e. The zero-order chi connectivity index (χ0) is 22.2. The number of ether oxygens (including phenoxy) is 1. The Hall–Kier alpha value is -3.45. The fraction of sp³-hybridized carbons (Fsp3) is 0.240. The monoisotopic (exact) mass is 446 g/mol. The van der Waals surface area contributed by atoms with Crippen molar-refractivity contribution in [2.45, 2.75) is 26.3 Å². The molecule has 6 nitrogen and oxygen atoms in total. The van der Waals surface area contributed by atoms with E-state index in [2.05, 4.69) is 18.8 Å². The molecule has 0 fully saturated rings. The van der Waals surface area contributed by atoms with E-state index in [1.54, 1.807) is 40.7 Å². The fourth-order valence-electron chi connectivity index (χ4n) is 3.95. The molecule has 0 saturated carbocycles. The lowest BCUT2D eigenvalue weighted by Crippen LogP contribution is -2.29. The number of anilines is 1. The highest BCUT2D eigenvalue weighted by Gasteiger charge is 2.44. The van der Waals surface area contributed by atoms with Crippen molar-refractivity contribution < 1.29 is 13.9 Å². The van der Waals surface area contributed by atoms with Crippen LogP contribution in [0.2, 0.25) is 0 Å². The second kappa shape index (κ2) is 8.24. The molecule has 1 atom stereocenters. The Morgan fingerprint density at radius 1 is 1.16 bits per heavy atom. The van der Waals surface area contributed by atoms with Crippen LogP contribution >= 0.6 is 11.3 Å². The molecule has 1 aliphatic rings. The van der Waals surface area contributed by atoms with Gasteiger partial charge >= 0.3 is 0 Å².